The number of carboxylic acids is 1. The van der Waals surface area contributed by atoms with Gasteiger partial charge in [-0.05, 0) is 25.3 Å². The first kappa shape index (κ1) is 9.76. The minimum atomic E-state index is -1.15. The summed E-state index contributed by atoms with van der Waals surface area (Å²) < 4.78 is 4.86. The van der Waals surface area contributed by atoms with Crippen LogP contribution in [0.1, 0.15) is 40.2 Å². The van der Waals surface area contributed by atoms with Crippen molar-refractivity contribution in [2.75, 3.05) is 0 Å². The molecule has 2 rings (SSSR count). The van der Waals surface area contributed by atoms with Crippen molar-refractivity contribution in [2.24, 2.45) is 0 Å². The number of hydrogen-bond acceptors (Lipinski definition) is 3. The van der Waals surface area contributed by atoms with Gasteiger partial charge in [0.1, 0.15) is 5.56 Å². The summed E-state index contributed by atoms with van der Waals surface area (Å²) in [7, 11) is 0. The van der Waals surface area contributed by atoms with Crippen LogP contribution in [0.5, 0.6) is 0 Å². The fraction of sp³-hybridized carbons (Fsp3) is 0.400. The van der Waals surface area contributed by atoms with Crippen LogP contribution in [0.3, 0.4) is 0 Å². The van der Waals surface area contributed by atoms with Crippen molar-refractivity contribution < 1.29 is 19.1 Å². The van der Waals surface area contributed by atoms with Gasteiger partial charge in [-0.1, -0.05) is 0 Å². The van der Waals surface area contributed by atoms with E-state index in [0.717, 1.165) is 19.3 Å². The number of hydrogen-bond donors (Lipinski definition) is 2. The van der Waals surface area contributed by atoms with Crippen molar-refractivity contribution in [3.8, 4) is 0 Å². The van der Waals surface area contributed by atoms with Gasteiger partial charge in [-0.25, -0.2) is 4.79 Å². The van der Waals surface area contributed by atoms with Crippen molar-refractivity contribution in [1.82, 2.24) is 5.32 Å². The Morgan fingerprint density at radius 2 is 2.20 bits per heavy atom. The zero-order valence-electron chi connectivity index (χ0n) is 8.03. The van der Waals surface area contributed by atoms with Gasteiger partial charge in [0.2, 0.25) is 5.76 Å². The average Bonchev–Trinajstić information content (AvgIpc) is 2.59. The molecule has 0 spiro atoms. The summed E-state index contributed by atoms with van der Waals surface area (Å²) >= 11 is 0. The van der Waals surface area contributed by atoms with E-state index in [2.05, 4.69) is 5.32 Å². The fourth-order valence-corrected chi connectivity index (χ4v) is 1.46. The number of rotatable bonds is 3. The summed E-state index contributed by atoms with van der Waals surface area (Å²) in [5.41, 5.74) is -0.0909. The Kier molecular flexibility index (Phi) is 2.45. The molecule has 1 aliphatic rings. The van der Waals surface area contributed by atoms with E-state index in [1.165, 1.54) is 12.3 Å². The Morgan fingerprint density at radius 1 is 1.47 bits per heavy atom. The molecule has 2 N–H and O–H groups in total. The molecule has 1 aromatic rings. The standard InChI is InChI=1S/C10H11NO4/c12-9(11-6-2-1-3-6)8-7(10(13)14)4-5-15-8/h4-6H,1-3H2,(H,11,12)(H,13,14). The molecular formula is C10H11NO4. The number of amides is 1. The Hall–Kier alpha value is -1.78. The Morgan fingerprint density at radius 3 is 2.73 bits per heavy atom. The molecule has 0 saturated heterocycles. The molecule has 1 heterocycles. The van der Waals surface area contributed by atoms with Gasteiger partial charge in [-0.3, -0.25) is 4.79 Å². The molecule has 1 fully saturated rings. The van der Waals surface area contributed by atoms with Crippen LogP contribution < -0.4 is 5.32 Å². The van der Waals surface area contributed by atoms with Gasteiger partial charge in [0.05, 0.1) is 6.26 Å². The first-order chi connectivity index (χ1) is 7.18. The van der Waals surface area contributed by atoms with Crippen molar-refractivity contribution in [1.29, 1.82) is 0 Å². The maximum Gasteiger partial charge on any atom is 0.339 e. The van der Waals surface area contributed by atoms with Gasteiger partial charge < -0.3 is 14.8 Å². The molecule has 0 aliphatic heterocycles. The lowest BCUT2D eigenvalue weighted by Gasteiger charge is -2.25. The van der Waals surface area contributed by atoms with Gasteiger partial charge >= 0.3 is 5.97 Å². The molecule has 1 aromatic heterocycles. The van der Waals surface area contributed by atoms with Crippen molar-refractivity contribution >= 4 is 11.9 Å². The highest BCUT2D eigenvalue weighted by Gasteiger charge is 2.25. The second-order valence-electron chi connectivity index (χ2n) is 3.57. The molecular weight excluding hydrogens is 198 g/mol. The molecule has 1 amide bonds. The van der Waals surface area contributed by atoms with Crippen molar-refractivity contribution in [3.05, 3.63) is 23.7 Å². The third-order valence-corrected chi connectivity index (χ3v) is 2.54. The van der Waals surface area contributed by atoms with E-state index >= 15 is 0 Å². The first-order valence-electron chi connectivity index (χ1n) is 4.80. The molecule has 0 radical (unpaired) electrons. The predicted octanol–water partition coefficient (Wildman–Crippen LogP) is 1.26. The molecule has 5 heteroatoms. The van der Waals surface area contributed by atoms with Crippen LogP contribution in [0.15, 0.2) is 16.7 Å². The van der Waals surface area contributed by atoms with Crippen LogP contribution in [-0.2, 0) is 0 Å². The smallest absolute Gasteiger partial charge is 0.339 e. The van der Waals surface area contributed by atoms with E-state index in [0.29, 0.717) is 0 Å². The lowest BCUT2D eigenvalue weighted by atomic mass is 9.93. The maximum absolute atomic E-state index is 11.6. The highest BCUT2D eigenvalue weighted by atomic mass is 16.4. The minimum absolute atomic E-state index is 0.0909. The van der Waals surface area contributed by atoms with Gasteiger partial charge in [-0.15, -0.1) is 0 Å². The van der Waals surface area contributed by atoms with Crippen LogP contribution in [0.25, 0.3) is 0 Å². The molecule has 1 saturated carbocycles. The van der Waals surface area contributed by atoms with E-state index in [1.807, 2.05) is 0 Å². The Balaban J connectivity index is 2.10. The zero-order chi connectivity index (χ0) is 10.8. The molecule has 15 heavy (non-hydrogen) atoms. The zero-order valence-corrected chi connectivity index (χ0v) is 8.03. The Bertz CT molecular complexity index is 392. The fourth-order valence-electron chi connectivity index (χ4n) is 1.46. The van der Waals surface area contributed by atoms with Crippen LogP contribution >= 0.6 is 0 Å². The van der Waals surface area contributed by atoms with Gasteiger partial charge in [0.25, 0.3) is 5.91 Å². The molecule has 0 bridgehead atoms. The minimum Gasteiger partial charge on any atom is -0.478 e. The molecule has 5 nitrogen and oxygen atoms in total. The highest BCUT2D eigenvalue weighted by Crippen LogP contribution is 2.19. The number of carbonyl (C=O) groups is 2. The summed E-state index contributed by atoms with van der Waals surface area (Å²) in [5.74, 6) is -1.71. The monoisotopic (exact) mass is 209 g/mol. The van der Waals surface area contributed by atoms with Crippen LogP contribution in [0.2, 0.25) is 0 Å². The molecule has 0 atom stereocenters. The van der Waals surface area contributed by atoms with E-state index in [9.17, 15) is 9.59 Å². The number of carboxylic acid groups (broad SMARTS) is 1. The SMILES string of the molecule is O=C(O)c1ccoc1C(=O)NC1CCC1. The summed E-state index contributed by atoms with van der Waals surface area (Å²) in [6.07, 6.45) is 4.22. The van der Waals surface area contributed by atoms with E-state index < -0.39 is 11.9 Å². The molecule has 1 aliphatic carbocycles. The Labute approximate surface area is 86.1 Å². The van der Waals surface area contributed by atoms with E-state index in [-0.39, 0.29) is 17.4 Å². The van der Waals surface area contributed by atoms with Gasteiger partial charge in [0.15, 0.2) is 0 Å². The maximum atomic E-state index is 11.6. The summed E-state index contributed by atoms with van der Waals surface area (Å²) in [4.78, 5) is 22.3. The van der Waals surface area contributed by atoms with Gasteiger partial charge in [0, 0.05) is 6.04 Å². The third-order valence-electron chi connectivity index (χ3n) is 2.54. The number of carbonyl (C=O) groups excluding carboxylic acids is 1. The summed E-state index contributed by atoms with van der Waals surface area (Å²) in [5, 5.41) is 11.5. The summed E-state index contributed by atoms with van der Waals surface area (Å²) in [6.45, 7) is 0. The molecule has 80 valence electrons. The lowest BCUT2D eigenvalue weighted by Crippen LogP contribution is -2.39. The summed E-state index contributed by atoms with van der Waals surface area (Å²) in [6, 6.07) is 1.45. The largest absolute Gasteiger partial charge is 0.478 e. The lowest BCUT2D eigenvalue weighted by molar-refractivity contribution is 0.0686. The predicted molar refractivity (Wildman–Crippen MR) is 50.8 cm³/mol. The second-order valence-corrected chi connectivity index (χ2v) is 3.57. The average molecular weight is 209 g/mol. The van der Waals surface area contributed by atoms with E-state index in [4.69, 9.17) is 9.52 Å². The van der Waals surface area contributed by atoms with Crippen molar-refractivity contribution in [2.45, 2.75) is 25.3 Å². The quantitative estimate of drug-likeness (QED) is 0.785. The number of nitrogens with one attached hydrogen (secondary N) is 1. The normalized spacial score (nSPS) is 15.7. The topological polar surface area (TPSA) is 79.5 Å². The molecule has 0 unspecified atom stereocenters. The van der Waals surface area contributed by atoms with Crippen LogP contribution in [0.4, 0.5) is 0 Å². The number of aromatic carboxylic acids is 1. The first-order valence-corrected chi connectivity index (χ1v) is 4.80. The second kappa shape index (κ2) is 3.76. The van der Waals surface area contributed by atoms with Gasteiger partial charge in [-0.2, -0.15) is 0 Å². The number of furan rings is 1. The van der Waals surface area contributed by atoms with Crippen molar-refractivity contribution in [3.63, 3.8) is 0 Å². The molecule has 0 aromatic carbocycles. The highest BCUT2D eigenvalue weighted by molar-refractivity contribution is 6.02. The third kappa shape index (κ3) is 1.86. The van der Waals surface area contributed by atoms with Crippen LogP contribution in [-0.4, -0.2) is 23.0 Å². The van der Waals surface area contributed by atoms with Crippen LogP contribution in [0, 0.1) is 0 Å². The van der Waals surface area contributed by atoms with E-state index in [1.54, 1.807) is 0 Å².